The van der Waals surface area contributed by atoms with Gasteiger partial charge in [0.15, 0.2) is 5.13 Å². The van der Waals surface area contributed by atoms with Crippen molar-refractivity contribution in [2.75, 3.05) is 16.8 Å². The summed E-state index contributed by atoms with van der Waals surface area (Å²) in [6, 6.07) is 3.59. The van der Waals surface area contributed by atoms with Gasteiger partial charge in [-0.2, -0.15) is 0 Å². The van der Waals surface area contributed by atoms with Crippen molar-refractivity contribution in [2.24, 2.45) is 5.73 Å². The number of nitrogens with one attached hydrogen (secondary N) is 1. The van der Waals surface area contributed by atoms with Gasteiger partial charge in [-0.15, -0.1) is 11.3 Å². The second-order valence-electron chi connectivity index (χ2n) is 5.55. The van der Waals surface area contributed by atoms with E-state index < -0.39 is 11.7 Å². The quantitative estimate of drug-likeness (QED) is 0.844. The summed E-state index contributed by atoms with van der Waals surface area (Å²) in [6.45, 7) is 0.642. The lowest BCUT2D eigenvalue weighted by Crippen LogP contribution is -2.23. The zero-order valence-corrected chi connectivity index (χ0v) is 13.9. The highest BCUT2D eigenvalue weighted by atomic mass is 32.1. The van der Waals surface area contributed by atoms with E-state index in [9.17, 15) is 18.8 Å². The van der Waals surface area contributed by atoms with Gasteiger partial charge in [0.25, 0.3) is 5.91 Å². The van der Waals surface area contributed by atoms with Gasteiger partial charge in [-0.25, -0.2) is 9.37 Å². The first kappa shape index (κ1) is 17.0. The van der Waals surface area contributed by atoms with E-state index in [-0.39, 0.29) is 29.5 Å². The molecule has 3 amide bonds. The first-order valence-corrected chi connectivity index (χ1v) is 8.46. The number of hydrogen-bond acceptors (Lipinski definition) is 5. The molecule has 0 radical (unpaired) electrons. The van der Waals surface area contributed by atoms with Crippen LogP contribution in [0.15, 0.2) is 23.6 Å². The maximum atomic E-state index is 13.4. The lowest BCUT2D eigenvalue weighted by atomic mass is 10.1. The third-order valence-electron chi connectivity index (χ3n) is 3.70. The van der Waals surface area contributed by atoms with Gasteiger partial charge in [0.05, 0.1) is 17.7 Å². The molecule has 0 atom stereocenters. The monoisotopic (exact) mass is 362 g/mol. The van der Waals surface area contributed by atoms with E-state index in [2.05, 4.69) is 10.3 Å². The average Bonchev–Trinajstić information content (AvgIpc) is 3.17. The lowest BCUT2D eigenvalue weighted by Gasteiger charge is -2.10. The number of carbonyl (C=O) groups excluding carboxylic acids is 3. The van der Waals surface area contributed by atoms with Gasteiger partial charge in [-0.3, -0.25) is 19.3 Å². The van der Waals surface area contributed by atoms with Crippen LogP contribution in [0.5, 0.6) is 0 Å². The summed E-state index contributed by atoms with van der Waals surface area (Å²) in [7, 11) is 0. The smallest absolute Gasteiger partial charge is 0.251 e. The fourth-order valence-electron chi connectivity index (χ4n) is 2.51. The number of primary amides is 1. The summed E-state index contributed by atoms with van der Waals surface area (Å²) in [5.41, 5.74) is 5.59. The summed E-state index contributed by atoms with van der Waals surface area (Å²) in [5.74, 6) is -1.99. The molecule has 7 nitrogen and oxygen atoms in total. The van der Waals surface area contributed by atoms with Crippen molar-refractivity contribution >= 4 is 39.9 Å². The molecule has 130 valence electrons. The van der Waals surface area contributed by atoms with Crippen LogP contribution < -0.4 is 16.0 Å². The van der Waals surface area contributed by atoms with Crippen molar-refractivity contribution in [3.63, 3.8) is 0 Å². The molecule has 1 aromatic heterocycles. The minimum Gasteiger partial charge on any atom is -0.366 e. The predicted molar refractivity (Wildman–Crippen MR) is 91.0 cm³/mol. The van der Waals surface area contributed by atoms with Gasteiger partial charge < -0.3 is 11.1 Å². The van der Waals surface area contributed by atoms with E-state index in [4.69, 9.17) is 5.73 Å². The van der Waals surface area contributed by atoms with E-state index in [1.54, 1.807) is 10.3 Å². The van der Waals surface area contributed by atoms with E-state index in [0.29, 0.717) is 23.8 Å². The normalized spacial score (nSPS) is 14.0. The molecule has 0 bridgehead atoms. The van der Waals surface area contributed by atoms with Crippen LogP contribution in [0.2, 0.25) is 0 Å². The number of nitrogens with two attached hydrogens (primary N) is 1. The van der Waals surface area contributed by atoms with Crippen LogP contribution in [0.4, 0.5) is 15.2 Å². The number of aromatic nitrogens is 1. The second-order valence-corrected chi connectivity index (χ2v) is 6.39. The molecule has 25 heavy (non-hydrogen) atoms. The Morgan fingerprint density at radius 2 is 2.20 bits per heavy atom. The fourth-order valence-corrected chi connectivity index (χ4v) is 3.38. The molecule has 0 unspecified atom stereocenters. The van der Waals surface area contributed by atoms with E-state index in [0.717, 1.165) is 12.5 Å². The van der Waals surface area contributed by atoms with E-state index >= 15 is 0 Å². The Morgan fingerprint density at radius 3 is 2.88 bits per heavy atom. The molecule has 1 aliphatic rings. The largest absolute Gasteiger partial charge is 0.366 e. The van der Waals surface area contributed by atoms with Gasteiger partial charge in [-0.05, 0) is 24.6 Å². The maximum Gasteiger partial charge on any atom is 0.251 e. The molecule has 2 aromatic rings. The van der Waals surface area contributed by atoms with Crippen molar-refractivity contribution in [1.82, 2.24) is 4.98 Å². The molecule has 0 aliphatic carbocycles. The summed E-state index contributed by atoms with van der Waals surface area (Å²) in [6.07, 6.45) is 1.32. The summed E-state index contributed by atoms with van der Waals surface area (Å²) in [4.78, 5) is 40.9. The number of thiazole rings is 1. The first-order valence-electron chi connectivity index (χ1n) is 7.58. The average molecular weight is 362 g/mol. The molecule has 1 aliphatic heterocycles. The molecule has 0 saturated carbocycles. The van der Waals surface area contributed by atoms with Crippen molar-refractivity contribution in [3.8, 4) is 0 Å². The molecule has 1 saturated heterocycles. The van der Waals surface area contributed by atoms with E-state index in [1.165, 1.54) is 23.5 Å². The van der Waals surface area contributed by atoms with Crippen molar-refractivity contribution in [1.29, 1.82) is 0 Å². The molecular formula is C16H15FN4O3S. The van der Waals surface area contributed by atoms with Gasteiger partial charge in [0.2, 0.25) is 11.8 Å². The fraction of sp³-hybridized carbons (Fsp3) is 0.250. The van der Waals surface area contributed by atoms with Crippen LogP contribution in [0.1, 0.15) is 28.9 Å². The third kappa shape index (κ3) is 3.82. The van der Waals surface area contributed by atoms with Crippen LogP contribution in [-0.2, 0) is 16.0 Å². The van der Waals surface area contributed by atoms with Crippen molar-refractivity contribution < 1.29 is 18.8 Å². The van der Waals surface area contributed by atoms with Crippen LogP contribution in [0.25, 0.3) is 0 Å². The zero-order valence-electron chi connectivity index (χ0n) is 13.1. The lowest BCUT2D eigenvalue weighted by molar-refractivity contribution is -0.117. The Morgan fingerprint density at radius 1 is 1.40 bits per heavy atom. The Bertz CT molecular complexity index is 852. The first-order chi connectivity index (χ1) is 11.9. The molecule has 3 rings (SSSR count). The number of nitrogens with zero attached hydrogens (tertiary/aromatic N) is 2. The zero-order chi connectivity index (χ0) is 18.0. The highest BCUT2D eigenvalue weighted by Crippen LogP contribution is 2.25. The Balaban J connectivity index is 1.65. The van der Waals surface area contributed by atoms with Crippen LogP contribution >= 0.6 is 11.3 Å². The summed E-state index contributed by atoms with van der Waals surface area (Å²) < 4.78 is 13.4. The van der Waals surface area contributed by atoms with Crippen LogP contribution in [0, 0.1) is 5.82 Å². The number of amides is 3. The SMILES string of the molecule is NC(=O)c1cc(NC(=O)Cc2csc(N3CCCC3=O)n2)ccc1F. The molecule has 3 N–H and O–H groups in total. The Labute approximate surface area is 146 Å². The van der Waals surface area contributed by atoms with Gasteiger partial charge in [-0.1, -0.05) is 0 Å². The predicted octanol–water partition coefficient (Wildman–Crippen LogP) is 1.69. The van der Waals surface area contributed by atoms with Crippen LogP contribution in [-0.4, -0.2) is 29.3 Å². The number of benzene rings is 1. The van der Waals surface area contributed by atoms with Gasteiger partial charge >= 0.3 is 0 Å². The number of halogens is 1. The molecular weight excluding hydrogens is 347 g/mol. The molecule has 1 fully saturated rings. The molecule has 9 heteroatoms. The minimum atomic E-state index is -0.909. The standard InChI is InChI=1S/C16H15FN4O3S/c17-12-4-3-9(6-11(12)15(18)24)19-13(22)7-10-8-25-16(20-10)21-5-1-2-14(21)23/h3-4,6,8H,1-2,5,7H2,(H2,18,24)(H,19,22). The highest BCUT2D eigenvalue weighted by Gasteiger charge is 2.24. The molecule has 0 spiro atoms. The van der Waals surface area contributed by atoms with Crippen LogP contribution in [0.3, 0.4) is 0 Å². The molecule has 1 aromatic carbocycles. The Hall–Kier alpha value is -2.81. The second kappa shape index (κ2) is 6.98. The summed E-state index contributed by atoms with van der Waals surface area (Å²) in [5, 5.41) is 4.88. The van der Waals surface area contributed by atoms with Gasteiger partial charge in [0.1, 0.15) is 5.82 Å². The highest BCUT2D eigenvalue weighted by molar-refractivity contribution is 7.14. The molecule has 2 heterocycles. The summed E-state index contributed by atoms with van der Waals surface area (Å²) >= 11 is 1.31. The van der Waals surface area contributed by atoms with Crippen molar-refractivity contribution in [2.45, 2.75) is 19.3 Å². The maximum absolute atomic E-state index is 13.4. The van der Waals surface area contributed by atoms with E-state index in [1.807, 2.05) is 0 Å². The Kier molecular flexibility index (Phi) is 4.75. The van der Waals surface area contributed by atoms with Gasteiger partial charge in [0, 0.05) is 24.0 Å². The number of carbonyl (C=O) groups is 3. The third-order valence-corrected chi connectivity index (χ3v) is 4.61. The minimum absolute atomic E-state index is 0.00180. The number of anilines is 2. The topological polar surface area (TPSA) is 105 Å². The number of hydrogen-bond donors (Lipinski definition) is 2. The number of rotatable bonds is 5. The van der Waals surface area contributed by atoms with Crippen molar-refractivity contribution in [3.05, 3.63) is 40.7 Å².